The van der Waals surface area contributed by atoms with Crippen molar-refractivity contribution in [3.63, 3.8) is 0 Å². The van der Waals surface area contributed by atoms with E-state index in [1.807, 2.05) is 24.9 Å². The average molecular weight is 274 g/mol. The van der Waals surface area contributed by atoms with E-state index in [1.165, 1.54) is 0 Å². The van der Waals surface area contributed by atoms with Crippen molar-refractivity contribution in [2.45, 2.75) is 30.9 Å². The molecule has 0 saturated heterocycles. The summed E-state index contributed by atoms with van der Waals surface area (Å²) in [5.41, 5.74) is 1.82. The molecule has 1 aliphatic heterocycles. The third-order valence-electron chi connectivity index (χ3n) is 3.28. The number of fused-ring (bicyclic) bond motifs is 1. The largest absolute Gasteiger partial charge is 0.312 e. The molecule has 0 saturated carbocycles. The van der Waals surface area contributed by atoms with E-state index in [4.69, 9.17) is 11.6 Å². The Morgan fingerprint density at radius 3 is 2.76 bits per heavy atom. The highest BCUT2D eigenvalue weighted by Crippen LogP contribution is 2.42. The minimum Gasteiger partial charge on any atom is -0.312 e. The molecule has 1 aromatic rings. The Bertz CT molecular complexity index is 422. The van der Waals surface area contributed by atoms with E-state index in [1.54, 1.807) is 6.07 Å². The highest BCUT2D eigenvalue weighted by atomic mass is 35.5. The molecule has 1 N–H and O–H groups in total. The molecule has 2 atom stereocenters. The molecule has 0 radical (unpaired) electrons. The van der Waals surface area contributed by atoms with Crippen LogP contribution < -0.4 is 5.32 Å². The highest BCUT2D eigenvalue weighted by Gasteiger charge is 2.32. The first kappa shape index (κ1) is 13.2. The van der Waals surface area contributed by atoms with Crippen molar-refractivity contribution < 1.29 is 4.39 Å². The summed E-state index contributed by atoms with van der Waals surface area (Å²) < 4.78 is 13.9. The van der Waals surface area contributed by atoms with Gasteiger partial charge in [-0.15, -0.1) is 0 Å². The van der Waals surface area contributed by atoms with E-state index in [0.29, 0.717) is 16.9 Å². The lowest BCUT2D eigenvalue weighted by Gasteiger charge is -2.35. The lowest BCUT2D eigenvalue weighted by Crippen LogP contribution is -2.34. The molecule has 0 amide bonds. The van der Waals surface area contributed by atoms with E-state index < -0.39 is 0 Å². The minimum atomic E-state index is -0.251. The van der Waals surface area contributed by atoms with Gasteiger partial charge in [-0.05, 0) is 24.6 Å². The summed E-state index contributed by atoms with van der Waals surface area (Å²) in [6.45, 7) is 4.42. The van der Waals surface area contributed by atoms with Crippen molar-refractivity contribution in [2.24, 2.45) is 5.92 Å². The first-order valence-electron chi connectivity index (χ1n) is 5.82. The third-order valence-corrected chi connectivity index (χ3v) is 5.23. The first-order valence-corrected chi connectivity index (χ1v) is 7.24. The molecular formula is C13H17ClFNS. The number of nitrogens with one attached hydrogen (secondary N) is 1. The quantitative estimate of drug-likeness (QED) is 0.874. The molecular weight excluding hydrogens is 257 g/mol. The maximum absolute atomic E-state index is 13.9. The van der Waals surface area contributed by atoms with Crippen molar-refractivity contribution >= 4 is 23.4 Å². The summed E-state index contributed by atoms with van der Waals surface area (Å²) >= 11 is 7.64. The van der Waals surface area contributed by atoms with Crippen LogP contribution >= 0.6 is 23.4 Å². The first-order chi connectivity index (χ1) is 8.06. The summed E-state index contributed by atoms with van der Waals surface area (Å²) in [6.07, 6.45) is 0. The molecule has 4 heteroatoms. The molecule has 0 fully saturated rings. The summed E-state index contributed by atoms with van der Waals surface area (Å²) in [4.78, 5) is 0. The van der Waals surface area contributed by atoms with Gasteiger partial charge in [-0.2, -0.15) is 11.8 Å². The molecule has 1 aromatic carbocycles. The Balaban J connectivity index is 2.46. The van der Waals surface area contributed by atoms with Crippen LogP contribution in [0.1, 0.15) is 31.0 Å². The Morgan fingerprint density at radius 2 is 2.18 bits per heavy atom. The van der Waals surface area contributed by atoms with Crippen molar-refractivity contribution in [1.82, 2.24) is 5.32 Å². The number of hydrogen-bond acceptors (Lipinski definition) is 2. The molecule has 0 spiro atoms. The van der Waals surface area contributed by atoms with Gasteiger partial charge in [0.15, 0.2) is 0 Å². The topological polar surface area (TPSA) is 12.0 Å². The van der Waals surface area contributed by atoms with Gasteiger partial charge >= 0.3 is 0 Å². The van der Waals surface area contributed by atoms with Gasteiger partial charge in [0, 0.05) is 22.6 Å². The second-order valence-corrected chi connectivity index (χ2v) is 6.29. The Kier molecular flexibility index (Phi) is 4.01. The fourth-order valence-corrected chi connectivity index (χ4v) is 4.09. The number of halogens is 2. The van der Waals surface area contributed by atoms with Crippen molar-refractivity contribution in [3.05, 3.63) is 34.1 Å². The van der Waals surface area contributed by atoms with E-state index in [0.717, 1.165) is 11.1 Å². The van der Waals surface area contributed by atoms with Crippen molar-refractivity contribution in [3.8, 4) is 0 Å². The van der Waals surface area contributed by atoms with Crippen LogP contribution in [0.15, 0.2) is 12.1 Å². The number of rotatable bonds is 2. The van der Waals surface area contributed by atoms with E-state index in [2.05, 4.69) is 19.2 Å². The maximum Gasteiger partial charge on any atom is 0.146 e. The van der Waals surface area contributed by atoms with Crippen LogP contribution in [-0.4, -0.2) is 12.3 Å². The molecule has 94 valence electrons. The van der Waals surface area contributed by atoms with Crippen LogP contribution in [0.5, 0.6) is 0 Å². The van der Waals surface area contributed by atoms with Gasteiger partial charge in [0.25, 0.3) is 0 Å². The van der Waals surface area contributed by atoms with Crippen molar-refractivity contribution in [2.75, 3.05) is 7.05 Å². The van der Waals surface area contributed by atoms with Gasteiger partial charge < -0.3 is 5.32 Å². The van der Waals surface area contributed by atoms with Crippen LogP contribution in [0, 0.1) is 11.7 Å². The van der Waals surface area contributed by atoms with Gasteiger partial charge in [-0.1, -0.05) is 31.5 Å². The smallest absolute Gasteiger partial charge is 0.146 e. The predicted molar refractivity (Wildman–Crippen MR) is 73.1 cm³/mol. The molecule has 1 heterocycles. The SMILES string of the molecule is CNC1c2ccc(Cl)c(F)c2CSC1C(C)C. The van der Waals surface area contributed by atoms with E-state index in [-0.39, 0.29) is 16.9 Å². The van der Waals surface area contributed by atoms with Gasteiger partial charge in [0.2, 0.25) is 0 Å². The summed E-state index contributed by atoms with van der Waals surface area (Å²) in [5, 5.41) is 4.01. The van der Waals surface area contributed by atoms with Gasteiger partial charge in [0.1, 0.15) is 5.82 Å². The van der Waals surface area contributed by atoms with E-state index >= 15 is 0 Å². The van der Waals surface area contributed by atoms with E-state index in [9.17, 15) is 4.39 Å². The van der Waals surface area contributed by atoms with Gasteiger partial charge in [-0.25, -0.2) is 4.39 Å². The number of thioether (sulfide) groups is 1. The minimum absolute atomic E-state index is 0.204. The Morgan fingerprint density at radius 1 is 1.47 bits per heavy atom. The molecule has 2 unspecified atom stereocenters. The van der Waals surface area contributed by atoms with Crippen LogP contribution in [0.2, 0.25) is 5.02 Å². The third kappa shape index (κ3) is 2.33. The lowest BCUT2D eigenvalue weighted by molar-refractivity contribution is 0.461. The number of hydrogen-bond donors (Lipinski definition) is 1. The highest BCUT2D eigenvalue weighted by molar-refractivity contribution is 7.99. The molecule has 0 bridgehead atoms. The molecule has 0 aliphatic carbocycles. The van der Waals surface area contributed by atoms with Crippen molar-refractivity contribution in [1.29, 1.82) is 0 Å². The second-order valence-electron chi connectivity index (χ2n) is 4.72. The zero-order valence-corrected chi connectivity index (χ0v) is 11.8. The zero-order valence-electron chi connectivity index (χ0n) is 10.3. The zero-order chi connectivity index (χ0) is 12.6. The monoisotopic (exact) mass is 273 g/mol. The summed E-state index contributed by atoms with van der Waals surface area (Å²) in [5.74, 6) is 1.02. The predicted octanol–water partition coefficient (Wildman–Crippen LogP) is 4.01. The standard InChI is InChI=1S/C13H17ClFNS/c1-7(2)13-12(16-3)8-4-5-10(14)11(15)9(8)6-17-13/h4-5,7,12-13,16H,6H2,1-3H3. The van der Waals surface area contributed by atoms with Crippen LogP contribution in [0.4, 0.5) is 4.39 Å². The van der Waals surface area contributed by atoms with Gasteiger partial charge in [-0.3, -0.25) is 0 Å². The fourth-order valence-electron chi connectivity index (χ4n) is 2.40. The second kappa shape index (κ2) is 5.17. The normalized spacial score (nSPS) is 23.9. The fraction of sp³-hybridized carbons (Fsp3) is 0.538. The molecule has 1 aliphatic rings. The van der Waals surface area contributed by atoms with Gasteiger partial charge in [0.05, 0.1) is 5.02 Å². The maximum atomic E-state index is 13.9. The molecule has 17 heavy (non-hydrogen) atoms. The van der Waals surface area contributed by atoms with Crippen LogP contribution in [0.25, 0.3) is 0 Å². The Labute approximate surface area is 111 Å². The molecule has 1 nitrogen and oxygen atoms in total. The molecule has 2 rings (SSSR count). The molecule has 0 aromatic heterocycles. The Hall–Kier alpha value is -0.250. The van der Waals surface area contributed by atoms with Crippen LogP contribution in [0.3, 0.4) is 0 Å². The number of benzene rings is 1. The summed E-state index contributed by atoms with van der Waals surface area (Å²) in [7, 11) is 1.93. The average Bonchev–Trinajstić information content (AvgIpc) is 2.32. The van der Waals surface area contributed by atoms with Crippen LogP contribution in [-0.2, 0) is 5.75 Å². The summed E-state index contributed by atoms with van der Waals surface area (Å²) in [6, 6.07) is 3.82. The lowest BCUT2D eigenvalue weighted by atomic mass is 9.92.